The first-order valence-corrected chi connectivity index (χ1v) is 10.5. The van der Waals surface area contributed by atoms with Gasteiger partial charge in [-0.2, -0.15) is 9.57 Å². The highest BCUT2D eigenvalue weighted by molar-refractivity contribution is 7.89. The standard InChI is InChI=1S/C19H19N7O2S/c1-15-22-18(12-19(23-15)25-7-6-21-14-25)24-8-10-26(11-9-24)29(27,28)17-4-2-16(13-20)3-5-17/h2-7,12,14H,8-11H2,1H3. The number of aryl methyl sites for hydroxylation is 1. The van der Waals surface area contributed by atoms with Gasteiger partial charge in [0.05, 0.1) is 16.5 Å². The van der Waals surface area contributed by atoms with E-state index >= 15 is 0 Å². The fourth-order valence-corrected chi connectivity index (χ4v) is 4.66. The minimum Gasteiger partial charge on any atom is -0.354 e. The van der Waals surface area contributed by atoms with E-state index in [1.807, 2.05) is 29.8 Å². The molecule has 0 amide bonds. The lowest BCUT2D eigenvalue weighted by atomic mass is 10.2. The van der Waals surface area contributed by atoms with Crippen molar-refractivity contribution in [2.24, 2.45) is 0 Å². The summed E-state index contributed by atoms with van der Waals surface area (Å²) >= 11 is 0. The molecule has 0 bridgehead atoms. The molecule has 9 nitrogen and oxygen atoms in total. The number of anilines is 1. The van der Waals surface area contributed by atoms with Gasteiger partial charge in [0.25, 0.3) is 0 Å². The SMILES string of the molecule is Cc1nc(N2CCN(S(=O)(=O)c3ccc(C#N)cc3)CC2)cc(-n2ccnc2)n1. The lowest BCUT2D eigenvalue weighted by Gasteiger charge is -2.34. The Hall–Kier alpha value is -3.29. The van der Waals surface area contributed by atoms with Crippen molar-refractivity contribution in [3.63, 3.8) is 0 Å². The first-order valence-electron chi connectivity index (χ1n) is 9.07. The molecule has 0 saturated carbocycles. The average Bonchev–Trinajstić information content (AvgIpc) is 3.28. The zero-order valence-corrected chi connectivity index (χ0v) is 16.6. The predicted molar refractivity (Wildman–Crippen MR) is 106 cm³/mol. The van der Waals surface area contributed by atoms with Gasteiger partial charge in [0.2, 0.25) is 10.0 Å². The van der Waals surface area contributed by atoms with Gasteiger partial charge >= 0.3 is 0 Å². The number of benzene rings is 1. The van der Waals surface area contributed by atoms with Crippen LogP contribution < -0.4 is 4.90 Å². The largest absolute Gasteiger partial charge is 0.354 e. The van der Waals surface area contributed by atoms with E-state index in [0.717, 1.165) is 11.6 Å². The molecule has 148 valence electrons. The van der Waals surface area contributed by atoms with Crippen LogP contribution in [0.4, 0.5) is 5.82 Å². The minimum absolute atomic E-state index is 0.199. The van der Waals surface area contributed by atoms with Crippen LogP contribution in [0.5, 0.6) is 0 Å². The number of rotatable bonds is 4. The van der Waals surface area contributed by atoms with Crippen molar-refractivity contribution in [2.75, 3.05) is 31.1 Å². The van der Waals surface area contributed by atoms with Crippen LogP contribution in [0.3, 0.4) is 0 Å². The van der Waals surface area contributed by atoms with Crippen LogP contribution in [0.25, 0.3) is 5.82 Å². The van der Waals surface area contributed by atoms with Crippen LogP contribution in [0, 0.1) is 18.3 Å². The highest BCUT2D eigenvalue weighted by Crippen LogP contribution is 2.21. The summed E-state index contributed by atoms with van der Waals surface area (Å²) in [4.78, 5) is 15.2. The molecule has 29 heavy (non-hydrogen) atoms. The highest BCUT2D eigenvalue weighted by atomic mass is 32.2. The van der Waals surface area contributed by atoms with Gasteiger partial charge in [-0.15, -0.1) is 0 Å². The van der Waals surface area contributed by atoms with Gasteiger partial charge < -0.3 is 4.90 Å². The predicted octanol–water partition coefficient (Wildman–Crippen LogP) is 1.35. The second-order valence-corrected chi connectivity index (χ2v) is 8.57. The summed E-state index contributed by atoms with van der Waals surface area (Å²) in [5.41, 5.74) is 0.432. The average molecular weight is 409 g/mol. The van der Waals surface area contributed by atoms with Gasteiger partial charge in [-0.05, 0) is 31.2 Å². The lowest BCUT2D eigenvalue weighted by Crippen LogP contribution is -2.49. The number of nitrogens with zero attached hydrogens (tertiary/aromatic N) is 7. The molecule has 1 aromatic carbocycles. The molecule has 4 rings (SSSR count). The van der Waals surface area contributed by atoms with E-state index < -0.39 is 10.0 Å². The summed E-state index contributed by atoms with van der Waals surface area (Å²) in [6.07, 6.45) is 5.17. The van der Waals surface area contributed by atoms with Crippen molar-refractivity contribution in [3.8, 4) is 11.9 Å². The quantitative estimate of drug-likeness (QED) is 0.640. The number of hydrogen-bond acceptors (Lipinski definition) is 7. The Balaban J connectivity index is 1.50. The Morgan fingerprint density at radius 3 is 2.34 bits per heavy atom. The Bertz CT molecular complexity index is 1140. The third-order valence-electron chi connectivity index (χ3n) is 4.76. The molecular formula is C19H19N7O2S. The number of hydrogen-bond donors (Lipinski definition) is 0. The maximum Gasteiger partial charge on any atom is 0.243 e. The number of aromatic nitrogens is 4. The van der Waals surface area contributed by atoms with Crippen LogP contribution in [0.1, 0.15) is 11.4 Å². The van der Waals surface area contributed by atoms with E-state index in [2.05, 4.69) is 19.9 Å². The summed E-state index contributed by atoms with van der Waals surface area (Å²) in [6.45, 7) is 3.58. The van der Waals surface area contributed by atoms with Gasteiger partial charge in [0, 0.05) is 44.6 Å². The second kappa shape index (κ2) is 7.62. The van der Waals surface area contributed by atoms with Crippen LogP contribution in [-0.2, 0) is 10.0 Å². The molecule has 2 aromatic heterocycles. The van der Waals surface area contributed by atoms with E-state index in [1.165, 1.54) is 28.6 Å². The molecule has 0 unspecified atom stereocenters. The molecule has 0 atom stereocenters. The van der Waals surface area contributed by atoms with E-state index in [-0.39, 0.29) is 4.90 Å². The molecule has 10 heteroatoms. The molecule has 1 fully saturated rings. The van der Waals surface area contributed by atoms with Crippen LogP contribution in [0.15, 0.2) is 53.9 Å². The molecule has 3 aromatic rings. The zero-order valence-electron chi connectivity index (χ0n) is 15.8. The first-order chi connectivity index (χ1) is 14.0. The fourth-order valence-electron chi connectivity index (χ4n) is 3.23. The number of sulfonamides is 1. The summed E-state index contributed by atoms with van der Waals surface area (Å²) in [5.74, 6) is 2.12. The van der Waals surface area contributed by atoms with Crippen LogP contribution >= 0.6 is 0 Å². The van der Waals surface area contributed by atoms with Crippen molar-refractivity contribution in [1.82, 2.24) is 23.8 Å². The summed E-state index contributed by atoms with van der Waals surface area (Å²) in [7, 11) is -3.59. The molecule has 3 heterocycles. The minimum atomic E-state index is -3.59. The molecular weight excluding hydrogens is 390 g/mol. The van der Waals surface area contributed by atoms with E-state index in [0.29, 0.717) is 37.6 Å². The van der Waals surface area contributed by atoms with E-state index in [9.17, 15) is 8.42 Å². The Labute approximate surface area is 168 Å². The molecule has 1 aliphatic heterocycles. The maximum atomic E-state index is 12.9. The van der Waals surface area contributed by atoms with Gasteiger partial charge in [-0.1, -0.05) is 0 Å². The van der Waals surface area contributed by atoms with E-state index in [4.69, 9.17) is 5.26 Å². The van der Waals surface area contributed by atoms with Gasteiger partial charge in [0.15, 0.2) is 0 Å². The topological polar surface area (TPSA) is 108 Å². The molecule has 0 N–H and O–H groups in total. The van der Waals surface area contributed by atoms with E-state index in [1.54, 1.807) is 12.5 Å². The molecule has 0 aliphatic carbocycles. The third kappa shape index (κ3) is 3.83. The van der Waals surface area contributed by atoms with Crippen molar-refractivity contribution in [3.05, 3.63) is 60.4 Å². The monoisotopic (exact) mass is 409 g/mol. The molecule has 1 saturated heterocycles. The van der Waals surface area contributed by atoms with Gasteiger partial charge in [0.1, 0.15) is 23.8 Å². The van der Waals surface area contributed by atoms with Crippen molar-refractivity contribution in [1.29, 1.82) is 5.26 Å². The van der Waals surface area contributed by atoms with Crippen molar-refractivity contribution < 1.29 is 8.42 Å². The fraction of sp³-hybridized carbons (Fsp3) is 0.263. The number of piperazine rings is 1. The number of nitriles is 1. The van der Waals surface area contributed by atoms with Gasteiger partial charge in [-0.25, -0.2) is 23.4 Å². The Morgan fingerprint density at radius 2 is 1.72 bits per heavy atom. The molecule has 0 spiro atoms. The first kappa shape index (κ1) is 19.0. The van der Waals surface area contributed by atoms with Crippen molar-refractivity contribution in [2.45, 2.75) is 11.8 Å². The van der Waals surface area contributed by atoms with Crippen LogP contribution in [-0.4, -0.2) is 58.4 Å². The highest BCUT2D eigenvalue weighted by Gasteiger charge is 2.29. The number of imidazole rings is 1. The smallest absolute Gasteiger partial charge is 0.243 e. The lowest BCUT2D eigenvalue weighted by molar-refractivity contribution is 0.383. The zero-order chi connectivity index (χ0) is 20.4. The Morgan fingerprint density at radius 1 is 1.03 bits per heavy atom. The maximum absolute atomic E-state index is 12.9. The third-order valence-corrected chi connectivity index (χ3v) is 6.68. The summed E-state index contributed by atoms with van der Waals surface area (Å²) in [5, 5.41) is 8.89. The second-order valence-electron chi connectivity index (χ2n) is 6.63. The normalized spacial score (nSPS) is 15.2. The van der Waals surface area contributed by atoms with Crippen LogP contribution in [0.2, 0.25) is 0 Å². The van der Waals surface area contributed by atoms with Crippen molar-refractivity contribution >= 4 is 15.8 Å². The molecule has 1 aliphatic rings. The summed E-state index contributed by atoms with van der Waals surface area (Å²) in [6, 6.07) is 9.86. The molecule has 0 radical (unpaired) electrons. The van der Waals surface area contributed by atoms with Gasteiger partial charge in [-0.3, -0.25) is 4.57 Å². The summed E-state index contributed by atoms with van der Waals surface area (Å²) < 4.78 is 29.0. The Kier molecular flexibility index (Phi) is 5.00.